The van der Waals surface area contributed by atoms with Crippen LogP contribution < -0.4 is 11.6 Å². The molecular weight excluding hydrogens is 406 g/mol. The third-order valence-corrected chi connectivity index (χ3v) is 3.26. The van der Waals surface area contributed by atoms with Crippen molar-refractivity contribution in [2.45, 2.75) is 0 Å². The first-order valence-electron chi connectivity index (χ1n) is 7.65. The zero-order chi connectivity index (χ0) is 23.3. The number of halogens is 2. The van der Waals surface area contributed by atoms with Crippen LogP contribution in [0.4, 0.5) is 14.5 Å². The molecule has 0 fully saturated rings. The number of benzene rings is 2. The van der Waals surface area contributed by atoms with Crippen molar-refractivity contribution in [1.82, 2.24) is 0 Å². The molecule has 0 unspecified atom stereocenters. The van der Waals surface area contributed by atoms with E-state index in [1.807, 2.05) is 0 Å². The lowest BCUT2D eigenvalue weighted by atomic mass is 10.1. The Hall–Kier alpha value is -4.08. The van der Waals surface area contributed by atoms with E-state index in [9.17, 15) is 18.4 Å². The van der Waals surface area contributed by atoms with Gasteiger partial charge in [-0.3, -0.25) is 0 Å². The van der Waals surface area contributed by atoms with Crippen LogP contribution in [0.5, 0.6) is 0 Å². The van der Waals surface area contributed by atoms with E-state index < -0.39 is 23.6 Å². The minimum absolute atomic E-state index is 0.157. The van der Waals surface area contributed by atoms with Gasteiger partial charge < -0.3 is 25.6 Å². The van der Waals surface area contributed by atoms with E-state index >= 15 is 0 Å². The van der Waals surface area contributed by atoms with Gasteiger partial charge in [0.25, 0.3) is 0 Å². The van der Waals surface area contributed by atoms with Crippen LogP contribution in [0.1, 0.15) is 26.3 Å². The molecule has 6 N–H and O–H groups in total. The van der Waals surface area contributed by atoms with E-state index in [4.69, 9.17) is 22.7 Å². The number of hydrogen-bond donors (Lipinski definition) is 4. The standard InChI is InChI=1S/C9H9FN2O3.C9H6FNO2.H3NO/c1-15-9(13)6-3-2-5(4-7(6)10)8(11)12-14;1-11-6-3-4-7(8(10)5-6)9(12)13-2;1-2/h2-4,14H,1H3,(H2,11,12);3-5H,2H3;2H,1H2. The van der Waals surface area contributed by atoms with Gasteiger partial charge in [0.2, 0.25) is 0 Å². The Morgan fingerprint density at radius 2 is 1.47 bits per heavy atom. The maximum absolute atomic E-state index is 13.3. The summed E-state index contributed by atoms with van der Waals surface area (Å²) in [7, 11) is 2.32. The van der Waals surface area contributed by atoms with Gasteiger partial charge in [0.05, 0.1) is 31.9 Å². The molecule has 0 radical (unpaired) electrons. The highest BCUT2D eigenvalue weighted by atomic mass is 19.1. The van der Waals surface area contributed by atoms with Crippen LogP contribution in [0.2, 0.25) is 0 Å². The Bertz CT molecular complexity index is 960. The predicted molar refractivity (Wildman–Crippen MR) is 100 cm³/mol. The predicted octanol–water partition coefficient (Wildman–Crippen LogP) is 2.20. The largest absolute Gasteiger partial charge is 0.465 e. The molecule has 0 aliphatic rings. The first kappa shape index (κ1) is 25.9. The highest BCUT2D eigenvalue weighted by molar-refractivity contribution is 5.98. The van der Waals surface area contributed by atoms with E-state index in [1.54, 1.807) is 0 Å². The summed E-state index contributed by atoms with van der Waals surface area (Å²) < 4.78 is 35.0. The van der Waals surface area contributed by atoms with Crippen molar-refractivity contribution in [3.05, 3.63) is 76.1 Å². The summed E-state index contributed by atoms with van der Waals surface area (Å²) in [6, 6.07) is 7.14. The van der Waals surface area contributed by atoms with Crippen molar-refractivity contribution in [2.24, 2.45) is 16.8 Å². The number of rotatable bonds is 3. The molecule has 0 saturated heterocycles. The molecule has 0 atom stereocenters. The van der Waals surface area contributed by atoms with Crippen molar-refractivity contribution in [1.29, 1.82) is 0 Å². The fourth-order valence-corrected chi connectivity index (χ4v) is 1.86. The molecule has 0 aromatic heterocycles. The first-order chi connectivity index (χ1) is 14.3. The van der Waals surface area contributed by atoms with Gasteiger partial charge in [0, 0.05) is 5.56 Å². The quantitative estimate of drug-likeness (QED) is 0.146. The van der Waals surface area contributed by atoms with E-state index in [0.29, 0.717) is 0 Å². The topological polar surface area (TPSA) is 162 Å². The minimum Gasteiger partial charge on any atom is -0.465 e. The lowest BCUT2D eigenvalue weighted by Crippen LogP contribution is -2.14. The van der Waals surface area contributed by atoms with E-state index in [0.717, 1.165) is 19.2 Å². The fourth-order valence-electron chi connectivity index (χ4n) is 1.86. The number of amidine groups is 1. The van der Waals surface area contributed by atoms with E-state index in [-0.39, 0.29) is 28.2 Å². The maximum atomic E-state index is 13.3. The van der Waals surface area contributed by atoms with Crippen molar-refractivity contribution in [2.75, 3.05) is 14.2 Å². The van der Waals surface area contributed by atoms with Gasteiger partial charge in [0.1, 0.15) is 11.6 Å². The molecule has 2 aromatic rings. The fraction of sp³-hybridized carbons (Fsp3) is 0.111. The molecule has 0 heterocycles. The van der Waals surface area contributed by atoms with Crippen LogP contribution >= 0.6 is 0 Å². The highest BCUT2D eigenvalue weighted by Crippen LogP contribution is 2.17. The van der Waals surface area contributed by atoms with E-state index in [2.05, 4.69) is 25.4 Å². The molecule has 2 aromatic carbocycles. The molecule has 2 rings (SSSR count). The maximum Gasteiger partial charge on any atom is 0.340 e. The second-order valence-electron chi connectivity index (χ2n) is 4.94. The number of esters is 2. The van der Waals surface area contributed by atoms with Gasteiger partial charge >= 0.3 is 11.9 Å². The summed E-state index contributed by atoms with van der Waals surface area (Å²) in [6.07, 6.45) is 0. The number of carbonyl (C=O) groups is 2. The van der Waals surface area contributed by atoms with E-state index in [1.165, 1.54) is 31.4 Å². The molecule has 12 heteroatoms. The highest BCUT2D eigenvalue weighted by Gasteiger charge is 2.13. The SMILES string of the molecule is COC(=O)c1ccc(/C(N)=N\O)cc1F.NO.[C-]#[N+]c1ccc(C(=O)OC)c(F)c1. The Morgan fingerprint density at radius 1 is 1.00 bits per heavy atom. The monoisotopic (exact) mass is 424 g/mol. The third kappa shape index (κ3) is 7.15. The summed E-state index contributed by atoms with van der Waals surface area (Å²) in [5, 5.41) is 17.6. The Balaban J connectivity index is 0.000000522. The number of carbonyl (C=O) groups excluding carboxylic acids is 2. The van der Waals surface area contributed by atoms with Crippen molar-refractivity contribution in [3.63, 3.8) is 0 Å². The summed E-state index contributed by atoms with van der Waals surface area (Å²) in [6.45, 7) is 6.61. The summed E-state index contributed by atoms with van der Waals surface area (Å²) in [4.78, 5) is 24.9. The van der Waals surface area contributed by atoms with Gasteiger partial charge in [-0.15, -0.1) is 0 Å². The number of nitrogens with zero attached hydrogens (tertiary/aromatic N) is 2. The number of methoxy groups -OCH3 is 2. The second-order valence-corrected chi connectivity index (χ2v) is 4.94. The molecule has 0 amide bonds. The van der Waals surface area contributed by atoms with Crippen LogP contribution in [-0.4, -0.2) is 42.4 Å². The number of ether oxygens (including phenoxy) is 2. The van der Waals surface area contributed by atoms with Crippen LogP contribution in [0.15, 0.2) is 41.6 Å². The van der Waals surface area contributed by atoms with Crippen LogP contribution in [-0.2, 0) is 9.47 Å². The molecule has 0 bridgehead atoms. The van der Waals surface area contributed by atoms with Crippen LogP contribution in [0.25, 0.3) is 4.85 Å². The Morgan fingerprint density at radius 3 is 1.83 bits per heavy atom. The molecule has 0 saturated carbocycles. The van der Waals surface area contributed by atoms with Crippen LogP contribution in [0.3, 0.4) is 0 Å². The average Bonchev–Trinajstić information content (AvgIpc) is 2.79. The Kier molecular flexibility index (Phi) is 11.4. The number of hydrogen-bond acceptors (Lipinski definition) is 8. The number of oxime groups is 1. The third-order valence-electron chi connectivity index (χ3n) is 3.26. The first-order valence-corrected chi connectivity index (χ1v) is 7.65. The zero-order valence-electron chi connectivity index (χ0n) is 15.8. The molecule has 160 valence electrons. The molecule has 0 aliphatic carbocycles. The lowest BCUT2D eigenvalue weighted by molar-refractivity contribution is 0.0586. The Labute approximate surface area is 169 Å². The van der Waals surface area contributed by atoms with Gasteiger partial charge in [-0.1, -0.05) is 23.4 Å². The van der Waals surface area contributed by atoms with Gasteiger partial charge in [-0.05, 0) is 18.2 Å². The summed E-state index contributed by atoms with van der Waals surface area (Å²) in [5.74, 6) is 0.226. The lowest BCUT2D eigenvalue weighted by Gasteiger charge is -2.03. The summed E-state index contributed by atoms with van der Waals surface area (Å²) in [5.41, 5.74) is 5.22. The van der Waals surface area contributed by atoms with Gasteiger partial charge in [-0.2, -0.15) is 0 Å². The van der Waals surface area contributed by atoms with Gasteiger partial charge in [0.15, 0.2) is 11.5 Å². The second kappa shape index (κ2) is 13.2. The number of nitrogens with two attached hydrogens (primary N) is 2. The molecule has 0 aliphatic heterocycles. The van der Waals surface area contributed by atoms with Crippen LogP contribution in [0, 0.1) is 18.2 Å². The van der Waals surface area contributed by atoms with Crippen molar-refractivity contribution < 1.29 is 38.3 Å². The zero-order valence-corrected chi connectivity index (χ0v) is 15.8. The van der Waals surface area contributed by atoms with Gasteiger partial charge in [-0.25, -0.2) is 29.1 Å². The minimum atomic E-state index is -0.786. The summed E-state index contributed by atoms with van der Waals surface area (Å²) >= 11 is 0. The molecular formula is C18H18F2N4O6. The average molecular weight is 424 g/mol. The van der Waals surface area contributed by atoms with Crippen molar-refractivity contribution in [3.8, 4) is 0 Å². The van der Waals surface area contributed by atoms with Crippen molar-refractivity contribution >= 4 is 23.5 Å². The smallest absolute Gasteiger partial charge is 0.340 e. The molecule has 0 spiro atoms. The molecule has 30 heavy (non-hydrogen) atoms. The molecule has 10 nitrogen and oxygen atoms in total. The normalized spacial score (nSPS) is 9.70.